The summed E-state index contributed by atoms with van der Waals surface area (Å²) in [5.74, 6) is 1.19. The van der Waals surface area contributed by atoms with Gasteiger partial charge < -0.3 is 20.1 Å². The van der Waals surface area contributed by atoms with Crippen LogP contribution in [0.2, 0.25) is 5.02 Å². The molecule has 7 heteroatoms. The van der Waals surface area contributed by atoms with Gasteiger partial charge >= 0.3 is 6.03 Å². The van der Waals surface area contributed by atoms with Gasteiger partial charge in [0, 0.05) is 19.6 Å². The Balaban J connectivity index is 1.22. The molecule has 2 aliphatic heterocycles. The molecule has 6 nitrogen and oxygen atoms in total. The quantitative estimate of drug-likeness (QED) is 0.725. The van der Waals surface area contributed by atoms with Crippen molar-refractivity contribution in [3.05, 3.63) is 58.1 Å². The number of urea groups is 1. The van der Waals surface area contributed by atoms with Crippen LogP contribution < -0.4 is 20.1 Å². The van der Waals surface area contributed by atoms with Crippen LogP contribution in [0, 0.1) is 0 Å². The zero-order valence-corrected chi connectivity index (χ0v) is 17.8. The number of hydrogen-bond donors (Lipinski definition) is 2. The molecule has 2 N–H and O–H groups in total. The largest absolute Gasteiger partial charge is 0.486 e. The van der Waals surface area contributed by atoms with Gasteiger partial charge in [0.25, 0.3) is 0 Å². The first kappa shape index (κ1) is 20.8. The van der Waals surface area contributed by atoms with E-state index in [0.29, 0.717) is 42.8 Å². The van der Waals surface area contributed by atoms with Crippen LogP contribution in [0.25, 0.3) is 0 Å². The van der Waals surface area contributed by atoms with Crippen molar-refractivity contribution in [1.82, 2.24) is 15.5 Å². The summed E-state index contributed by atoms with van der Waals surface area (Å²) in [4.78, 5) is 14.7. The predicted octanol–water partition coefficient (Wildman–Crippen LogP) is 4.10. The van der Waals surface area contributed by atoms with Crippen LogP contribution in [0.1, 0.15) is 36.0 Å². The lowest BCUT2D eigenvalue weighted by Gasteiger charge is -2.26. The van der Waals surface area contributed by atoms with Crippen LogP contribution in [0.5, 0.6) is 11.5 Å². The number of nitrogens with one attached hydrogen (secondary N) is 2. The fraction of sp³-hybridized carbons (Fsp3) is 0.435. The van der Waals surface area contributed by atoms with Gasteiger partial charge in [-0.1, -0.05) is 42.3 Å². The highest BCUT2D eigenvalue weighted by atomic mass is 35.5. The number of nitrogens with zero attached hydrogens (tertiary/aromatic N) is 1. The van der Waals surface area contributed by atoms with E-state index in [9.17, 15) is 4.79 Å². The van der Waals surface area contributed by atoms with E-state index in [4.69, 9.17) is 21.1 Å². The zero-order chi connectivity index (χ0) is 20.8. The number of amides is 2. The minimum Gasteiger partial charge on any atom is -0.486 e. The first-order valence-electron chi connectivity index (χ1n) is 10.6. The Bertz CT molecular complexity index is 867. The Morgan fingerprint density at radius 1 is 0.900 bits per heavy atom. The number of benzene rings is 2. The molecule has 4 rings (SSSR count). The number of carbonyl (C=O) groups excluding carboxylic acids is 1. The number of hydrogen-bond acceptors (Lipinski definition) is 4. The number of likely N-dealkylation sites (tertiary alicyclic amines) is 1. The van der Waals surface area contributed by atoms with Crippen LogP contribution >= 0.6 is 11.6 Å². The van der Waals surface area contributed by atoms with Gasteiger partial charge in [0.05, 0.1) is 5.02 Å². The van der Waals surface area contributed by atoms with E-state index in [1.807, 2.05) is 6.07 Å². The molecule has 2 aromatic carbocycles. The molecule has 0 radical (unpaired) electrons. The summed E-state index contributed by atoms with van der Waals surface area (Å²) in [6, 6.07) is 11.9. The summed E-state index contributed by atoms with van der Waals surface area (Å²) in [7, 11) is 0. The lowest BCUT2D eigenvalue weighted by Crippen LogP contribution is -2.34. The first-order valence-corrected chi connectivity index (χ1v) is 10.9. The first-order chi connectivity index (χ1) is 14.7. The second-order valence-electron chi connectivity index (χ2n) is 7.79. The van der Waals surface area contributed by atoms with Crippen molar-refractivity contribution < 1.29 is 14.3 Å². The van der Waals surface area contributed by atoms with Gasteiger partial charge in [0.2, 0.25) is 0 Å². The van der Waals surface area contributed by atoms with Gasteiger partial charge in [-0.25, -0.2) is 4.79 Å². The number of rotatable bonds is 6. The van der Waals surface area contributed by atoms with Crippen molar-refractivity contribution in [3.8, 4) is 11.5 Å². The molecule has 1 fully saturated rings. The van der Waals surface area contributed by atoms with Crippen molar-refractivity contribution >= 4 is 17.6 Å². The standard InChI is InChI=1S/C23H28ClN3O3/c24-20-12-19(13-21-22(20)30-11-10-29-21)15-26-23(28)25-14-17-4-6-18(7-5-17)16-27-8-2-1-3-9-27/h4-7,12-13H,1-3,8-11,14-16H2,(H2,25,26,28). The molecule has 1 saturated heterocycles. The van der Waals surface area contributed by atoms with E-state index >= 15 is 0 Å². The van der Waals surface area contributed by atoms with Gasteiger partial charge in [-0.05, 0) is 54.8 Å². The molecule has 30 heavy (non-hydrogen) atoms. The predicted molar refractivity (Wildman–Crippen MR) is 117 cm³/mol. The molecule has 2 heterocycles. The third-order valence-electron chi connectivity index (χ3n) is 5.44. The molecule has 0 bridgehead atoms. The fourth-order valence-electron chi connectivity index (χ4n) is 3.83. The highest BCUT2D eigenvalue weighted by Gasteiger charge is 2.17. The van der Waals surface area contributed by atoms with E-state index in [0.717, 1.165) is 17.7 Å². The minimum absolute atomic E-state index is 0.224. The molecule has 0 atom stereocenters. The Hall–Kier alpha value is -2.44. The summed E-state index contributed by atoms with van der Waals surface area (Å²) in [6.45, 7) is 5.22. The summed E-state index contributed by atoms with van der Waals surface area (Å²) < 4.78 is 11.1. The van der Waals surface area contributed by atoms with Crippen molar-refractivity contribution in [2.45, 2.75) is 38.9 Å². The van der Waals surface area contributed by atoms with Gasteiger partial charge in [0.1, 0.15) is 13.2 Å². The van der Waals surface area contributed by atoms with Crippen molar-refractivity contribution in [2.24, 2.45) is 0 Å². The molecule has 0 aromatic heterocycles. The summed E-state index contributed by atoms with van der Waals surface area (Å²) in [5.41, 5.74) is 3.26. The Kier molecular flexibility index (Phi) is 6.97. The summed E-state index contributed by atoms with van der Waals surface area (Å²) >= 11 is 6.24. The maximum Gasteiger partial charge on any atom is 0.315 e. The number of halogens is 1. The number of carbonyl (C=O) groups is 1. The highest BCUT2D eigenvalue weighted by Crippen LogP contribution is 2.38. The topological polar surface area (TPSA) is 62.8 Å². The Labute approximate surface area is 182 Å². The zero-order valence-electron chi connectivity index (χ0n) is 17.1. The van der Waals surface area contributed by atoms with Gasteiger partial charge in [-0.15, -0.1) is 0 Å². The van der Waals surface area contributed by atoms with E-state index in [1.165, 1.54) is 37.9 Å². The van der Waals surface area contributed by atoms with E-state index in [2.05, 4.69) is 39.8 Å². The molecule has 0 aliphatic carbocycles. The Morgan fingerprint density at radius 2 is 1.57 bits per heavy atom. The molecule has 0 spiro atoms. The van der Waals surface area contributed by atoms with Crippen molar-refractivity contribution in [2.75, 3.05) is 26.3 Å². The third-order valence-corrected chi connectivity index (χ3v) is 5.72. The molecule has 0 saturated carbocycles. The van der Waals surface area contributed by atoms with E-state index in [-0.39, 0.29) is 6.03 Å². The van der Waals surface area contributed by atoms with Gasteiger partial charge in [0.15, 0.2) is 11.5 Å². The van der Waals surface area contributed by atoms with Gasteiger partial charge in [-0.3, -0.25) is 4.90 Å². The Morgan fingerprint density at radius 3 is 2.33 bits per heavy atom. The van der Waals surface area contributed by atoms with Crippen LogP contribution in [-0.4, -0.2) is 37.2 Å². The van der Waals surface area contributed by atoms with Crippen LogP contribution in [0.4, 0.5) is 4.79 Å². The maximum atomic E-state index is 12.2. The van der Waals surface area contributed by atoms with Crippen LogP contribution in [0.3, 0.4) is 0 Å². The number of ether oxygens (including phenoxy) is 2. The summed E-state index contributed by atoms with van der Waals surface area (Å²) in [6.07, 6.45) is 3.95. The highest BCUT2D eigenvalue weighted by molar-refractivity contribution is 6.32. The lowest BCUT2D eigenvalue weighted by molar-refractivity contribution is 0.171. The molecule has 0 unspecified atom stereocenters. The summed E-state index contributed by atoms with van der Waals surface area (Å²) in [5, 5.41) is 6.25. The molecule has 2 aliphatic rings. The van der Waals surface area contributed by atoms with Gasteiger partial charge in [-0.2, -0.15) is 0 Å². The van der Waals surface area contributed by atoms with E-state index < -0.39 is 0 Å². The lowest BCUT2D eigenvalue weighted by atomic mass is 10.1. The molecule has 2 aromatic rings. The second kappa shape index (κ2) is 10.0. The smallest absolute Gasteiger partial charge is 0.315 e. The maximum absolute atomic E-state index is 12.2. The molecular formula is C23H28ClN3O3. The second-order valence-corrected chi connectivity index (χ2v) is 8.20. The monoisotopic (exact) mass is 429 g/mol. The fourth-order valence-corrected chi connectivity index (χ4v) is 4.12. The van der Waals surface area contributed by atoms with Crippen LogP contribution in [0.15, 0.2) is 36.4 Å². The normalized spacial score (nSPS) is 16.2. The minimum atomic E-state index is -0.224. The molecule has 2 amide bonds. The van der Waals surface area contributed by atoms with Crippen molar-refractivity contribution in [3.63, 3.8) is 0 Å². The van der Waals surface area contributed by atoms with Crippen molar-refractivity contribution in [1.29, 1.82) is 0 Å². The third kappa shape index (κ3) is 5.58. The average molecular weight is 430 g/mol. The number of piperidine rings is 1. The SMILES string of the molecule is O=C(NCc1ccc(CN2CCCCC2)cc1)NCc1cc(Cl)c2c(c1)OCCO2. The number of fused-ring (bicyclic) bond motifs is 1. The average Bonchev–Trinajstić information content (AvgIpc) is 2.78. The van der Waals surface area contributed by atoms with E-state index in [1.54, 1.807) is 6.07 Å². The molecular weight excluding hydrogens is 402 g/mol. The van der Waals surface area contributed by atoms with Crippen LogP contribution in [-0.2, 0) is 19.6 Å². The molecule has 160 valence electrons.